The molecule has 2 nitrogen and oxygen atoms in total. The van der Waals surface area contributed by atoms with Crippen LogP contribution in [0.2, 0.25) is 0 Å². The van der Waals surface area contributed by atoms with Gasteiger partial charge in [-0.2, -0.15) is 0 Å². The molecule has 0 radical (unpaired) electrons. The first-order chi connectivity index (χ1) is 6.19. The fraction of sp³-hybridized carbons (Fsp3) is 0.273. The summed E-state index contributed by atoms with van der Waals surface area (Å²) < 4.78 is 5.15. The Morgan fingerprint density at radius 3 is 2.57 bits per heavy atom. The first-order valence-corrected chi connectivity index (χ1v) is 4.21. The Hall–Kier alpha value is -0.990. The van der Waals surface area contributed by atoms with Crippen molar-refractivity contribution >= 4 is 12.4 Å². The Bertz CT molecular complexity index is 312. The van der Waals surface area contributed by atoms with E-state index in [1.165, 1.54) is 0 Å². The van der Waals surface area contributed by atoms with Crippen LogP contribution in [0.15, 0.2) is 30.9 Å². The maximum Gasteiger partial charge on any atom is 0.121 e. The quantitative estimate of drug-likeness (QED) is 0.784. The fourth-order valence-corrected chi connectivity index (χ4v) is 1.25. The molecular formula is C11H16ClNO. The summed E-state index contributed by atoms with van der Waals surface area (Å²) in [6.07, 6.45) is 1.72. The number of aryl methyl sites for hydroxylation is 1. The van der Waals surface area contributed by atoms with E-state index in [0.717, 1.165) is 16.9 Å². The molecule has 0 aliphatic rings. The van der Waals surface area contributed by atoms with Crippen molar-refractivity contribution in [1.29, 1.82) is 0 Å². The van der Waals surface area contributed by atoms with Gasteiger partial charge in [0.15, 0.2) is 0 Å². The molecule has 0 spiro atoms. The van der Waals surface area contributed by atoms with Crippen LogP contribution in [0, 0.1) is 6.92 Å². The third-order valence-corrected chi connectivity index (χ3v) is 2.06. The minimum absolute atomic E-state index is 0. The number of ether oxygens (including phenoxy) is 1. The van der Waals surface area contributed by atoms with E-state index < -0.39 is 0 Å². The first kappa shape index (κ1) is 13.0. The molecule has 14 heavy (non-hydrogen) atoms. The van der Waals surface area contributed by atoms with E-state index >= 15 is 0 Å². The van der Waals surface area contributed by atoms with Crippen molar-refractivity contribution in [2.75, 3.05) is 7.11 Å². The van der Waals surface area contributed by atoms with Crippen molar-refractivity contribution in [3.05, 3.63) is 42.0 Å². The van der Waals surface area contributed by atoms with E-state index in [1.54, 1.807) is 13.2 Å². The molecule has 2 N–H and O–H groups in total. The lowest BCUT2D eigenvalue weighted by atomic mass is 10.0. The van der Waals surface area contributed by atoms with Gasteiger partial charge in [-0.05, 0) is 24.1 Å². The van der Waals surface area contributed by atoms with Crippen LogP contribution in [-0.2, 0) is 0 Å². The molecule has 0 heterocycles. The third-order valence-electron chi connectivity index (χ3n) is 2.06. The average molecular weight is 214 g/mol. The Morgan fingerprint density at radius 1 is 1.50 bits per heavy atom. The lowest BCUT2D eigenvalue weighted by Gasteiger charge is -2.10. The summed E-state index contributed by atoms with van der Waals surface area (Å²) in [5, 5.41) is 0. The van der Waals surface area contributed by atoms with Gasteiger partial charge in [-0.25, -0.2) is 0 Å². The van der Waals surface area contributed by atoms with E-state index in [4.69, 9.17) is 10.5 Å². The summed E-state index contributed by atoms with van der Waals surface area (Å²) >= 11 is 0. The predicted octanol–water partition coefficient (Wildman–Crippen LogP) is 2.61. The van der Waals surface area contributed by atoms with Gasteiger partial charge in [0.2, 0.25) is 0 Å². The number of nitrogens with two attached hydrogens (primary N) is 1. The highest BCUT2D eigenvalue weighted by Gasteiger charge is 2.03. The zero-order valence-corrected chi connectivity index (χ0v) is 9.30. The van der Waals surface area contributed by atoms with Crippen LogP contribution in [0.5, 0.6) is 5.75 Å². The first-order valence-electron chi connectivity index (χ1n) is 4.21. The van der Waals surface area contributed by atoms with E-state index in [2.05, 4.69) is 6.58 Å². The highest BCUT2D eigenvalue weighted by molar-refractivity contribution is 5.85. The van der Waals surface area contributed by atoms with Crippen LogP contribution in [-0.4, -0.2) is 7.11 Å². The maximum absolute atomic E-state index is 5.80. The van der Waals surface area contributed by atoms with Gasteiger partial charge in [0.05, 0.1) is 7.11 Å². The van der Waals surface area contributed by atoms with E-state index in [-0.39, 0.29) is 18.4 Å². The number of halogens is 1. The van der Waals surface area contributed by atoms with Gasteiger partial charge in [-0.1, -0.05) is 18.2 Å². The summed E-state index contributed by atoms with van der Waals surface area (Å²) in [6, 6.07) is 5.81. The molecule has 0 bridgehead atoms. The van der Waals surface area contributed by atoms with Gasteiger partial charge in [0, 0.05) is 6.04 Å². The second kappa shape index (κ2) is 5.68. The molecule has 0 amide bonds. The fourth-order valence-electron chi connectivity index (χ4n) is 1.25. The van der Waals surface area contributed by atoms with Crippen molar-refractivity contribution < 1.29 is 4.74 Å². The van der Waals surface area contributed by atoms with Crippen LogP contribution in [0.4, 0.5) is 0 Å². The molecule has 0 saturated heterocycles. The summed E-state index contributed by atoms with van der Waals surface area (Å²) in [6.45, 7) is 5.65. The molecule has 0 saturated carbocycles. The largest absolute Gasteiger partial charge is 0.496 e. The minimum atomic E-state index is -0.0930. The van der Waals surface area contributed by atoms with Gasteiger partial charge < -0.3 is 10.5 Å². The van der Waals surface area contributed by atoms with Crippen molar-refractivity contribution in [1.82, 2.24) is 0 Å². The van der Waals surface area contributed by atoms with Gasteiger partial charge in [0.25, 0.3) is 0 Å². The molecule has 1 aromatic carbocycles. The molecule has 1 rings (SSSR count). The highest BCUT2D eigenvalue weighted by Crippen LogP contribution is 2.21. The molecule has 0 aliphatic heterocycles. The molecule has 1 aromatic rings. The van der Waals surface area contributed by atoms with Crippen LogP contribution < -0.4 is 10.5 Å². The smallest absolute Gasteiger partial charge is 0.121 e. The van der Waals surface area contributed by atoms with Crippen molar-refractivity contribution in [2.24, 2.45) is 5.73 Å². The Balaban J connectivity index is 0.00000169. The van der Waals surface area contributed by atoms with Crippen LogP contribution in [0.3, 0.4) is 0 Å². The summed E-state index contributed by atoms with van der Waals surface area (Å²) in [7, 11) is 1.66. The molecule has 1 atom stereocenters. The number of methoxy groups -OCH3 is 1. The van der Waals surface area contributed by atoms with E-state index in [0.29, 0.717) is 0 Å². The topological polar surface area (TPSA) is 35.2 Å². The maximum atomic E-state index is 5.80. The summed E-state index contributed by atoms with van der Waals surface area (Å²) in [5.74, 6) is 0.889. The number of benzene rings is 1. The molecular weight excluding hydrogens is 198 g/mol. The molecule has 0 aliphatic carbocycles. The SMILES string of the molecule is C=C[C@@H](N)c1ccc(OC)c(C)c1.Cl. The third kappa shape index (κ3) is 2.76. The zero-order chi connectivity index (χ0) is 9.84. The Morgan fingerprint density at radius 2 is 2.14 bits per heavy atom. The number of hydrogen-bond donors (Lipinski definition) is 1. The summed E-state index contributed by atoms with van der Waals surface area (Å²) in [4.78, 5) is 0. The molecule has 0 aromatic heterocycles. The number of hydrogen-bond acceptors (Lipinski definition) is 2. The van der Waals surface area contributed by atoms with Crippen LogP contribution in [0.1, 0.15) is 17.2 Å². The van der Waals surface area contributed by atoms with Crippen LogP contribution >= 0.6 is 12.4 Å². The predicted molar refractivity (Wildman–Crippen MR) is 62.1 cm³/mol. The second-order valence-corrected chi connectivity index (χ2v) is 2.99. The molecule has 0 unspecified atom stereocenters. The number of rotatable bonds is 3. The molecule has 0 fully saturated rings. The second-order valence-electron chi connectivity index (χ2n) is 2.99. The standard InChI is InChI=1S/C11H15NO.ClH/c1-4-10(12)9-5-6-11(13-3)8(2)7-9;/h4-7,10H,1,12H2,2-3H3;1H/t10-;/m1./s1. The van der Waals surface area contributed by atoms with Crippen molar-refractivity contribution in [2.45, 2.75) is 13.0 Å². The van der Waals surface area contributed by atoms with Gasteiger partial charge in [0.1, 0.15) is 5.75 Å². The highest BCUT2D eigenvalue weighted by atomic mass is 35.5. The van der Waals surface area contributed by atoms with E-state index in [9.17, 15) is 0 Å². The monoisotopic (exact) mass is 213 g/mol. The average Bonchev–Trinajstić information content (AvgIpc) is 2.16. The Kier molecular flexibility index (Phi) is 5.28. The Labute approximate surface area is 91.2 Å². The van der Waals surface area contributed by atoms with Gasteiger partial charge in [-0.15, -0.1) is 19.0 Å². The lowest BCUT2D eigenvalue weighted by Crippen LogP contribution is -2.06. The summed E-state index contributed by atoms with van der Waals surface area (Å²) in [5.41, 5.74) is 7.95. The van der Waals surface area contributed by atoms with Crippen molar-refractivity contribution in [3.8, 4) is 5.75 Å². The van der Waals surface area contributed by atoms with Gasteiger partial charge in [-0.3, -0.25) is 0 Å². The minimum Gasteiger partial charge on any atom is -0.496 e. The molecule has 78 valence electrons. The molecule has 3 heteroatoms. The van der Waals surface area contributed by atoms with Gasteiger partial charge >= 0.3 is 0 Å². The lowest BCUT2D eigenvalue weighted by molar-refractivity contribution is 0.411. The normalized spacial score (nSPS) is 11.4. The zero-order valence-electron chi connectivity index (χ0n) is 8.49. The van der Waals surface area contributed by atoms with Crippen molar-refractivity contribution in [3.63, 3.8) is 0 Å². The van der Waals surface area contributed by atoms with Crippen LogP contribution in [0.25, 0.3) is 0 Å². The van der Waals surface area contributed by atoms with E-state index in [1.807, 2.05) is 25.1 Å².